The van der Waals surface area contributed by atoms with Crippen LogP contribution in [0, 0.1) is 17.8 Å². The Bertz CT molecular complexity index is 1910. The predicted octanol–water partition coefficient (Wildman–Crippen LogP) is 6.92. The second-order valence-corrected chi connectivity index (χ2v) is 19.1. The summed E-state index contributed by atoms with van der Waals surface area (Å²) in [5.41, 5.74) is 1.68. The molecule has 16 atom stereocenters. The van der Waals surface area contributed by atoms with Gasteiger partial charge in [-0.05, 0) is 55.6 Å². The molecule has 2 aliphatic carbocycles. The van der Waals surface area contributed by atoms with Gasteiger partial charge in [0.2, 0.25) is 0 Å². The molecule has 2 saturated carbocycles. The van der Waals surface area contributed by atoms with E-state index in [4.69, 9.17) is 47.4 Å². The Morgan fingerprint density at radius 3 is 1.95 bits per heavy atom. The van der Waals surface area contributed by atoms with E-state index < -0.39 is 97.7 Å². The van der Waals surface area contributed by atoms with Crippen molar-refractivity contribution in [1.82, 2.24) is 15.5 Å². The summed E-state index contributed by atoms with van der Waals surface area (Å²) in [5, 5.41) is 6.13. The van der Waals surface area contributed by atoms with Crippen LogP contribution >= 0.6 is 0 Å². The number of hydrogen-bond acceptors (Lipinski definition) is 13. The zero-order valence-electron chi connectivity index (χ0n) is 37.5. The zero-order chi connectivity index (χ0) is 44.5. The van der Waals surface area contributed by atoms with Gasteiger partial charge < -0.3 is 58.0 Å². The first-order valence-electron chi connectivity index (χ1n) is 23.5. The van der Waals surface area contributed by atoms with E-state index in [0.29, 0.717) is 25.2 Å². The van der Waals surface area contributed by atoms with Crippen LogP contribution in [0.2, 0.25) is 0 Å². The van der Waals surface area contributed by atoms with Crippen LogP contribution in [0.5, 0.6) is 0 Å². The molecule has 5 heterocycles. The number of alkyl carbamates (subject to hydrolysis) is 2. The first-order chi connectivity index (χ1) is 31.0. The minimum atomic E-state index is -0.882. The molecule has 2 aromatic rings. The second-order valence-electron chi connectivity index (χ2n) is 19.1. The third kappa shape index (κ3) is 9.60. The van der Waals surface area contributed by atoms with E-state index in [9.17, 15) is 14.4 Å². The number of nitrogens with one attached hydrogen (secondary N) is 2. The van der Waals surface area contributed by atoms with Gasteiger partial charge in [0.05, 0.1) is 24.3 Å². The van der Waals surface area contributed by atoms with Gasteiger partial charge in [-0.3, -0.25) is 4.90 Å². The number of carbonyl (C=O) groups is 3. The van der Waals surface area contributed by atoms with Crippen LogP contribution in [-0.2, 0) is 60.6 Å². The van der Waals surface area contributed by atoms with Crippen molar-refractivity contribution in [3.63, 3.8) is 0 Å². The molecule has 5 saturated heterocycles. The number of carbonyl (C=O) groups excluding carboxylic acids is 3. The summed E-state index contributed by atoms with van der Waals surface area (Å²) in [6.45, 7) is 8.61. The normalized spacial score (nSPS) is 38.9. The van der Waals surface area contributed by atoms with Gasteiger partial charge in [-0.2, -0.15) is 0 Å². The molecule has 350 valence electrons. The van der Waals surface area contributed by atoms with Gasteiger partial charge in [0.25, 0.3) is 0 Å². The summed E-state index contributed by atoms with van der Waals surface area (Å²) >= 11 is 0. The highest BCUT2D eigenvalue weighted by Crippen LogP contribution is 2.48. The summed E-state index contributed by atoms with van der Waals surface area (Å²) in [5.74, 6) is -0.574. The van der Waals surface area contributed by atoms with Crippen LogP contribution in [0.25, 0.3) is 0 Å². The van der Waals surface area contributed by atoms with Gasteiger partial charge in [0, 0.05) is 31.7 Å². The van der Waals surface area contributed by atoms with Crippen LogP contribution in [0.15, 0.2) is 60.7 Å². The largest absolute Gasteiger partial charge is 0.445 e. The fourth-order valence-corrected chi connectivity index (χ4v) is 11.0. The van der Waals surface area contributed by atoms with Gasteiger partial charge in [-0.25, -0.2) is 14.4 Å². The number of nitrogens with zero attached hydrogens (tertiary/aromatic N) is 1. The van der Waals surface area contributed by atoms with Crippen LogP contribution in [0.3, 0.4) is 0 Å². The average molecular weight is 892 g/mol. The molecule has 9 unspecified atom stereocenters. The lowest BCUT2D eigenvalue weighted by Crippen LogP contribution is -2.67. The van der Waals surface area contributed by atoms with E-state index in [1.54, 1.807) is 7.05 Å². The minimum Gasteiger partial charge on any atom is -0.445 e. The third-order valence-corrected chi connectivity index (χ3v) is 14.4. The molecule has 2 N–H and O–H groups in total. The lowest BCUT2D eigenvalue weighted by atomic mass is 9.83. The maximum atomic E-state index is 13.7. The van der Waals surface area contributed by atoms with Crippen molar-refractivity contribution < 1.29 is 61.8 Å². The Morgan fingerprint density at radius 1 is 0.688 bits per heavy atom. The number of fused-ring (bicyclic) bond motifs is 4. The molecular formula is C48H65N3O13. The number of rotatable bonds is 11. The van der Waals surface area contributed by atoms with Crippen LogP contribution in [0.1, 0.15) is 96.6 Å². The maximum Gasteiger partial charge on any atom is 0.410 e. The summed E-state index contributed by atoms with van der Waals surface area (Å²) in [7, 11) is 1.68. The Hall–Kier alpha value is -4.03. The van der Waals surface area contributed by atoms with Crippen molar-refractivity contribution in [3.05, 3.63) is 71.8 Å². The SMILES string of the molecule is CCC1O[C@H](OC2O[C@H]3CC(C)[C@@H](O[C@@H]4C(NC(=O)OCc5ccccc5)C[C@@H](NC(=O)OCc5ccccc5)C5OC6(CCCCC6)O[C@H]54)OC3C3OC(=O)N(C)C23)C(C)C[C@@H]1C. The van der Waals surface area contributed by atoms with Crippen LogP contribution in [0.4, 0.5) is 14.4 Å². The maximum absolute atomic E-state index is 13.7. The molecule has 9 rings (SSSR count). The van der Waals surface area contributed by atoms with E-state index in [1.807, 2.05) is 67.6 Å². The molecule has 0 radical (unpaired) electrons. The molecule has 0 bridgehead atoms. The lowest BCUT2D eigenvalue weighted by Gasteiger charge is -2.51. The molecule has 3 amide bonds. The highest BCUT2D eigenvalue weighted by atomic mass is 16.8. The smallest absolute Gasteiger partial charge is 0.410 e. The molecule has 16 heteroatoms. The molecule has 7 fully saturated rings. The number of benzene rings is 2. The monoisotopic (exact) mass is 891 g/mol. The molecule has 16 nitrogen and oxygen atoms in total. The van der Waals surface area contributed by atoms with Crippen LogP contribution < -0.4 is 10.6 Å². The predicted molar refractivity (Wildman–Crippen MR) is 228 cm³/mol. The summed E-state index contributed by atoms with van der Waals surface area (Å²) in [6, 6.07) is 16.9. The van der Waals surface area contributed by atoms with Crippen molar-refractivity contribution in [2.24, 2.45) is 17.8 Å². The van der Waals surface area contributed by atoms with E-state index >= 15 is 0 Å². The van der Waals surface area contributed by atoms with Crippen LogP contribution in [-0.4, -0.2) is 116 Å². The van der Waals surface area contributed by atoms with Crippen molar-refractivity contribution in [3.8, 4) is 0 Å². The Balaban J connectivity index is 0.954. The first-order valence-corrected chi connectivity index (χ1v) is 23.5. The standard InChI is InChI=1S/C48H65N3O13/c1-6-34-27(2)22-28(3)42(57-34)62-44-36-40(61-47(54)51(36)5)39-35(58-44)23-29(4)43(60-39)59-37-32(49-45(52)55-25-30-16-10-7-11-17-30)24-33(50-46(53)56-26-31-18-12-8-13-19-31)38-41(37)64-48(63-38)20-14-9-15-21-48/h7-8,10-13,16-19,27-29,32-44H,6,9,14-15,20-26H2,1-5H3,(H,49,52)(H,50,53)/t27-,28?,29?,32?,33+,34?,35-,36?,37+,38?,39?,40?,41-,42+,43-,44?/m0/s1. The number of amides is 3. The molecule has 5 aliphatic heterocycles. The number of ether oxygens (including phenoxy) is 10. The Morgan fingerprint density at radius 2 is 1.30 bits per heavy atom. The fourth-order valence-electron chi connectivity index (χ4n) is 11.0. The molecule has 7 aliphatic rings. The number of hydrogen-bond donors (Lipinski definition) is 2. The molecular weight excluding hydrogens is 827 g/mol. The first kappa shape index (κ1) is 45.1. The van der Waals surface area contributed by atoms with Crippen molar-refractivity contribution >= 4 is 18.3 Å². The minimum absolute atomic E-state index is 0.0591. The summed E-state index contributed by atoms with van der Waals surface area (Å²) < 4.78 is 65.1. The molecule has 0 aromatic heterocycles. The van der Waals surface area contributed by atoms with Crippen molar-refractivity contribution in [2.75, 3.05) is 7.05 Å². The molecule has 2 aromatic carbocycles. The lowest BCUT2D eigenvalue weighted by molar-refractivity contribution is -0.367. The second kappa shape index (κ2) is 19.4. The van der Waals surface area contributed by atoms with Gasteiger partial charge in [-0.1, -0.05) is 94.8 Å². The average Bonchev–Trinajstić information content (AvgIpc) is 3.81. The fraction of sp³-hybridized carbons (Fsp3) is 0.688. The summed E-state index contributed by atoms with van der Waals surface area (Å²) in [6.07, 6.45) is -1.06. The Labute approximate surface area is 375 Å². The van der Waals surface area contributed by atoms with Crippen molar-refractivity contribution in [1.29, 1.82) is 0 Å². The molecule has 1 spiro atoms. The number of likely N-dealkylation sites (N-methyl/N-ethyl adjacent to an activating group) is 1. The van der Waals surface area contributed by atoms with Gasteiger partial charge in [0.15, 0.2) is 30.8 Å². The highest BCUT2D eigenvalue weighted by molar-refractivity contribution is 5.71. The van der Waals surface area contributed by atoms with Gasteiger partial charge in [0.1, 0.15) is 43.7 Å². The highest BCUT2D eigenvalue weighted by Gasteiger charge is 2.62. The topological polar surface area (TPSA) is 171 Å². The van der Waals surface area contributed by atoms with E-state index in [-0.39, 0.29) is 37.6 Å². The van der Waals surface area contributed by atoms with E-state index in [2.05, 4.69) is 31.4 Å². The van der Waals surface area contributed by atoms with E-state index in [0.717, 1.165) is 43.2 Å². The summed E-state index contributed by atoms with van der Waals surface area (Å²) in [4.78, 5) is 41.9. The van der Waals surface area contributed by atoms with Gasteiger partial charge in [-0.15, -0.1) is 0 Å². The Kier molecular flexibility index (Phi) is 13.7. The quantitative estimate of drug-likeness (QED) is 0.223. The zero-order valence-corrected chi connectivity index (χ0v) is 37.5. The third-order valence-electron chi connectivity index (χ3n) is 14.4. The van der Waals surface area contributed by atoms with Crippen molar-refractivity contribution in [2.45, 2.75) is 184 Å². The van der Waals surface area contributed by atoms with Gasteiger partial charge >= 0.3 is 18.3 Å². The molecule has 64 heavy (non-hydrogen) atoms. The van der Waals surface area contributed by atoms with E-state index in [1.165, 1.54) is 4.90 Å².